The van der Waals surface area contributed by atoms with Gasteiger partial charge in [0, 0.05) is 45.0 Å². The standard InChI is InChI=1S/C30H40N4O4.2ClH/c1-2-3-4-5-6-7-11-26(35)38-24(20-32-15-17-33(18-16-32)25-10-8-9-14-31-25)21-34-29(36)27-22-12-13-23(19-22)28(27)30(34)37;;/h7-14,22-24,27-28H,2-6,15-21H2,1H3;2*1H/b11-7+;;/t22-,23?,24?,27-,28?;;/m0../s1. The van der Waals surface area contributed by atoms with Crippen molar-refractivity contribution in [3.8, 4) is 0 Å². The van der Waals surface area contributed by atoms with Crippen LogP contribution in [0.2, 0.25) is 0 Å². The maximum Gasteiger partial charge on any atom is 0.330 e. The van der Waals surface area contributed by atoms with Crippen molar-refractivity contribution in [2.45, 2.75) is 51.6 Å². The van der Waals surface area contributed by atoms with Gasteiger partial charge in [0.25, 0.3) is 0 Å². The van der Waals surface area contributed by atoms with E-state index in [0.717, 1.165) is 57.7 Å². The molecular formula is C30H42Cl2N4O4. The first-order valence-corrected chi connectivity index (χ1v) is 14.3. The van der Waals surface area contributed by atoms with Crippen molar-refractivity contribution in [1.82, 2.24) is 14.8 Å². The van der Waals surface area contributed by atoms with E-state index in [-0.39, 0.29) is 66.8 Å². The summed E-state index contributed by atoms with van der Waals surface area (Å²) in [5, 5.41) is 0. The highest BCUT2D eigenvalue weighted by Crippen LogP contribution is 2.52. The third kappa shape index (κ3) is 7.25. The van der Waals surface area contributed by atoms with Crippen LogP contribution in [0.4, 0.5) is 5.82 Å². The molecule has 220 valence electrons. The van der Waals surface area contributed by atoms with Crippen LogP contribution in [0.5, 0.6) is 0 Å². The van der Waals surface area contributed by atoms with E-state index in [1.807, 2.05) is 24.3 Å². The Bertz CT molecular complexity index is 1030. The van der Waals surface area contributed by atoms with E-state index < -0.39 is 12.1 Å². The fourth-order valence-corrected chi connectivity index (χ4v) is 6.54. The number of fused-ring (bicyclic) bond motifs is 5. The smallest absolute Gasteiger partial charge is 0.330 e. The van der Waals surface area contributed by atoms with Crippen molar-refractivity contribution in [3.05, 3.63) is 48.7 Å². The number of hydrogen-bond donors (Lipinski definition) is 0. The predicted octanol–water partition coefficient (Wildman–Crippen LogP) is 4.29. The summed E-state index contributed by atoms with van der Waals surface area (Å²) in [4.78, 5) is 49.6. The van der Waals surface area contributed by atoms with E-state index in [4.69, 9.17) is 4.74 Å². The minimum atomic E-state index is -0.564. The number of rotatable bonds is 12. The predicted molar refractivity (Wildman–Crippen MR) is 160 cm³/mol. The summed E-state index contributed by atoms with van der Waals surface area (Å²) in [7, 11) is 0. The molecule has 0 radical (unpaired) electrons. The summed E-state index contributed by atoms with van der Waals surface area (Å²) in [5.74, 6) is 0.234. The summed E-state index contributed by atoms with van der Waals surface area (Å²) in [6, 6.07) is 5.91. The third-order valence-electron chi connectivity index (χ3n) is 8.52. The van der Waals surface area contributed by atoms with Gasteiger partial charge in [-0.05, 0) is 43.2 Å². The summed E-state index contributed by atoms with van der Waals surface area (Å²) < 4.78 is 5.89. The molecule has 2 saturated heterocycles. The highest BCUT2D eigenvalue weighted by atomic mass is 35.5. The number of aromatic nitrogens is 1. The normalized spacial score (nSPS) is 26.1. The molecule has 0 spiro atoms. The number of likely N-dealkylation sites (tertiary alicyclic amines) is 1. The lowest BCUT2D eigenvalue weighted by atomic mass is 9.85. The van der Waals surface area contributed by atoms with Gasteiger partial charge in [0.15, 0.2) is 0 Å². The van der Waals surface area contributed by atoms with Crippen LogP contribution in [0.25, 0.3) is 0 Å². The van der Waals surface area contributed by atoms with Crippen LogP contribution in [0, 0.1) is 23.7 Å². The summed E-state index contributed by atoms with van der Waals surface area (Å²) in [5.41, 5.74) is 0. The highest BCUT2D eigenvalue weighted by Gasteiger charge is 2.59. The first-order chi connectivity index (χ1) is 18.5. The molecule has 2 amide bonds. The number of carbonyl (C=O) groups is 3. The minimum absolute atomic E-state index is 0. The lowest BCUT2D eigenvalue weighted by Crippen LogP contribution is -2.51. The molecule has 8 nitrogen and oxygen atoms in total. The van der Waals surface area contributed by atoms with Gasteiger partial charge in [-0.1, -0.05) is 50.5 Å². The maximum absolute atomic E-state index is 13.3. The number of nitrogens with zero attached hydrogens (tertiary/aromatic N) is 4. The van der Waals surface area contributed by atoms with Gasteiger partial charge in [-0.3, -0.25) is 19.4 Å². The van der Waals surface area contributed by atoms with Crippen molar-refractivity contribution in [3.63, 3.8) is 0 Å². The first-order valence-electron chi connectivity index (χ1n) is 14.3. The average molecular weight is 594 g/mol. The quantitative estimate of drug-likeness (QED) is 0.118. The van der Waals surface area contributed by atoms with E-state index in [9.17, 15) is 14.4 Å². The molecule has 1 aromatic heterocycles. The first kappa shape index (κ1) is 32.1. The molecule has 0 N–H and O–H groups in total. The Kier molecular flexibility index (Phi) is 12.0. The molecule has 40 heavy (non-hydrogen) atoms. The number of imide groups is 1. The van der Waals surface area contributed by atoms with Crippen LogP contribution in [-0.2, 0) is 19.1 Å². The van der Waals surface area contributed by atoms with Gasteiger partial charge in [0.05, 0.1) is 18.4 Å². The fraction of sp³-hybridized carbons (Fsp3) is 0.600. The Morgan fingerprint density at radius 2 is 1.70 bits per heavy atom. The number of allylic oxidation sites excluding steroid dienone is 3. The van der Waals surface area contributed by atoms with Gasteiger partial charge in [-0.25, -0.2) is 9.78 Å². The summed E-state index contributed by atoms with van der Waals surface area (Å²) in [6.07, 6.45) is 15.2. The van der Waals surface area contributed by atoms with E-state index in [1.54, 1.807) is 6.20 Å². The number of carbonyl (C=O) groups excluding carboxylic acids is 3. The van der Waals surface area contributed by atoms with Gasteiger partial charge in [0.1, 0.15) is 11.9 Å². The Hall–Kier alpha value is -2.42. The van der Waals surface area contributed by atoms with Crippen molar-refractivity contribution in [1.29, 1.82) is 0 Å². The zero-order chi connectivity index (χ0) is 26.5. The largest absolute Gasteiger partial charge is 0.456 e. The number of piperazine rings is 1. The molecule has 1 aromatic rings. The van der Waals surface area contributed by atoms with Crippen LogP contribution in [0.15, 0.2) is 48.7 Å². The number of hydrogen-bond acceptors (Lipinski definition) is 7. The van der Waals surface area contributed by atoms with Crippen molar-refractivity contribution in [2.24, 2.45) is 23.7 Å². The molecule has 5 atom stereocenters. The number of ether oxygens (including phenoxy) is 1. The van der Waals surface area contributed by atoms with Gasteiger partial charge in [-0.15, -0.1) is 24.8 Å². The number of halogens is 2. The van der Waals surface area contributed by atoms with E-state index in [2.05, 4.69) is 33.9 Å². The molecule has 10 heteroatoms. The molecule has 3 heterocycles. The van der Waals surface area contributed by atoms with Crippen LogP contribution in [0.3, 0.4) is 0 Å². The van der Waals surface area contributed by atoms with Crippen LogP contribution < -0.4 is 4.90 Å². The molecule has 4 aliphatic rings. The second kappa shape index (κ2) is 15.0. The summed E-state index contributed by atoms with van der Waals surface area (Å²) >= 11 is 0. The molecule has 2 aliphatic carbocycles. The Balaban J connectivity index is 0.00000220. The van der Waals surface area contributed by atoms with Crippen molar-refractivity contribution >= 4 is 48.4 Å². The van der Waals surface area contributed by atoms with Gasteiger partial charge < -0.3 is 9.64 Å². The third-order valence-corrected chi connectivity index (χ3v) is 8.52. The topological polar surface area (TPSA) is 83.1 Å². The molecule has 2 bridgehead atoms. The van der Waals surface area contributed by atoms with Gasteiger partial charge in [-0.2, -0.15) is 0 Å². The van der Waals surface area contributed by atoms with Crippen LogP contribution in [0.1, 0.15) is 45.4 Å². The van der Waals surface area contributed by atoms with Crippen LogP contribution >= 0.6 is 24.8 Å². The van der Waals surface area contributed by atoms with E-state index in [0.29, 0.717) is 6.54 Å². The zero-order valence-electron chi connectivity index (χ0n) is 23.2. The number of esters is 1. The Morgan fingerprint density at radius 1 is 1.00 bits per heavy atom. The molecule has 5 rings (SSSR count). The maximum atomic E-state index is 13.3. The summed E-state index contributed by atoms with van der Waals surface area (Å²) in [6.45, 7) is 6.00. The van der Waals surface area contributed by atoms with E-state index in [1.165, 1.54) is 23.8 Å². The molecule has 0 aromatic carbocycles. The molecule has 3 unspecified atom stereocenters. The average Bonchev–Trinajstić information content (AvgIpc) is 3.62. The lowest BCUT2D eigenvalue weighted by molar-refractivity contribution is -0.151. The second-order valence-electron chi connectivity index (χ2n) is 11.1. The Labute approximate surface area is 250 Å². The molecule has 1 saturated carbocycles. The monoisotopic (exact) mass is 592 g/mol. The molecular weight excluding hydrogens is 551 g/mol. The van der Waals surface area contributed by atoms with Gasteiger partial charge in [0.2, 0.25) is 11.8 Å². The number of unbranched alkanes of at least 4 members (excludes halogenated alkanes) is 4. The lowest BCUT2D eigenvalue weighted by Gasteiger charge is -2.37. The molecule has 2 aliphatic heterocycles. The second-order valence-corrected chi connectivity index (χ2v) is 11.1. The molecule has 3 fully saturated rings. The zero-order valence-corrected chi connectivity index (χ0v) is 24.9. The fourth-order valence-electron chi connectivity index (χ4n) is 6.54. The highest BCUT2D eigenvalue weighted by molar-refractivity contribution is 6.06. The SMILES string of the molecule is CCCCCC/C=C/C(=O)OC(CN1CCN(c2ccccn2)CC1)CN1C(=O)C2C3C=C[C@@H](C3)[C@@H]2C1=O.Cl.Cl. The Morgan fingerprint density at radius 3 is 2.33 bits per heavy atom. The number of anilines is 1. The van der Waals surface area contributed by atoms with Crippen molar-refractivity contribution in [2.75, 3.05) is 44.2 Å². The van der Waals surface area contributed by atoms with Gasteiger partial charge >= 0.3 is 5.97 Å². The number of pyridine rings is 1. The van der Waals surface area contributed by atoms with E-state index >= 15 is 0 Å². The van der Waals surface area contributed by atoms with Crippen molar-refractivity contribution < 1.29 is 19.1 Å². The number of amides is 2. The minimum Gasteiger partial charge on any atom is -0.456 e. The van der Waals surface area contributed by atoms with Crippen LogP contribution in [-0.4, -0.2) is 77.9 Å².